The Bertz CT molecular complexity index is 1370. The maximum Gasteiger partial charge on any atom is 0.255 e. The minimum atomic E-state index is -0.179. The highest BCUT2D eigenvalue weighted by atomic mass is 35.5. The molecule has 6 nitrogen and oxygen atoms in total. The minimum absolute atomic E-state index is 0.101. The number of hydrogen-bond donors (Lipinski definition) is 2. The number of carbonyl (C=O) groups is 2. The summed E-state index contributed by atoms with van der Waals surface area (Å²) in [5, 5.41) is 7.55. The predicted molar refractivity (Wildman–Crippen MR) is 143 cm³/mol. The second-order valence-corrected chi connectivity index (χ2v) is 9.39. The minimum Gasteiger partial charge on any atom is -0.496 e. The number of rotatable bonds is 9. The van der Waals surface area contributed by atoms with Crippen LogP contribution in [0.25, 0.3) is 10.9 Å². The van der Waals surface area contributed by atoms with Crippen LogP contribution in [0.1, 0.15) is 15.9 Å². The van der Waals surface area contributed by atoms with Crippen molar-refractivity contribution in [1.82, 2.24) is 9.88 Å². The fourth-order valence-electron chi connectivity index (χ4n) is 3.74. The number of halogens is 1. The first-order chi connectivity index (χ1) is 17.0. The summed E-state index contributed by atoms with van der Waals surface area (Å²) in [5.41, 5.74) is 3.20. The van der Waals surface area contributed by atoms with Crippen LogP contribution < -0.4 is 15.4 Å². The lowest BCUT2D eigenvalue weighted by Crippen LogP contribution is -2.27. The standard InChI is InChI=1S/C27H26ClN3O3S/c1-18-11-12-19(15-22(18)28)30-26(32)17-35-25-16-31(23-9-5-3-7-20(23)25)14-13-29-27(33)21-8-4-6-10-24(21)34-2/h3-12,15-16H,13-14,17H2,1-2H3,(H,29,33)(H,30,32). The van der Waals surface area contributed by atoms with E-state index < -0.39 is 0 Å². The molecule has 35 heavy (non-hydrogen) atoms. The van der Waals surface area contributed by atoms with E-state index in [0.29, 0.717) is 35.1 Å². The summed E-state index contributed by atoms with van der Waals surface area (Å²) in [7, 11) is 1.55. The van der Waals surface area contributed by atoms with Crippen molar-refractivity contribution in [2.75, 3.05) is 24.7 Å². The molecular weight excluding hydrogens is 482 g/mol. The topological polar surface area (TPSA) is 72.4 Å². The molecule has 0 unspecified atom stereocenters. The number of hydrogen-bond acceptors (Lipinski definition) is 4. The van der Waals surface area contributed by atoms with Gasteiger partial charge in [-0.15, -0.1) is 11.8 Å². The van der Waals surface area contributed by atoms with Crippen LogP contribution in [0.2, 0.25) is 5.02 Å². The largest absolute Gasteiger partial charge is 0.496 e. The van der Waals surface area contributed by atoms with Crippen LogP contribution in [0.5, 0.6) is 5.75 Å². The Morgan fingerprint density at radius 3 is 2.63 bits per heavy atom. The second-order valence-electron chi connectivity index (χ2n) is 7.96. The Hall–Kier alpha value is -3.42. The molecule has 0 radical (unpaired) electrons. The van der Waals surface area contributed by atoms with E-state index in [1.54, 1.807) is 25.3 Å². The molecule has 0 aliphatic heterocycles. The Kier molecular flexibility index (Phi) is 8.00. The van der Waals surface area contributed by atoms with E-state index in [1.807, 2.05) is 61.7 Å². The fourth-order valence-corrected chi connectivity index (χ4v) is 4.81. The smallest absolute Gasteiger partial charge is 0.255 e. The van der Waals surface area contributed by atoms with Gasteiger partial charge in [-0.2, -0.15) is 0 Å². The quantitative estimate of drug-likeness (QED) is 0.282. The number of thioether (sulfide) groups is 1. The highest BCUT2D eigenvalue weighted by molar-refractivity contribution is 8.00. The van der Waals surface area contributed by atoms with Crippen LogP contribution in [-0.4, -0.2) is 35.8 Å². The number of nitrogens with zero attached hydrogens (tertiary/aromatic N) is 1. The number of benzene rings is 3. The third kappa shape index (κ3) is 5.99. The van der Waals surface area contributed by atoms with Gasteiger partial charge in [0, 0.05) is 45.8 Å². The highest BCUT2D eigenvalue weighted by Gasteiger charge is 2.13. The van der Waals surface area contributed by atoms with Gasteiger partial charge in [-0.05, 0) is 42.8 Å². The van der Waals surface area contributed by atoms with Gasteiger partial charge in [-0.1, -0.05) is 48.0 Å². The number of ether oxygens (including phenoxy) is 1. The van der Waals surface area contributed by atoms with Crippen molar-refractivity contribution < 1.29 is 14.3 Å². The maximum atomic E-state index is 12.6. The number of nitrogens with one attached hydrogen (secondary N) is 2. The molecule has 0 fully saturated rings. The van der Waals surface area contributed by atoms with E-state index in [2.05, 4.69) is 15.2 Å². The average Bonchev–Trinajstić information content (AvgIpc) is 3.22. The summed E-state index contributed by atoms with van der Waals surface area (Å²) in [6.45, 7) is 2.97. The Morgan fingerprint density at radius 1 is 1.06 bits per heavy atom. The summed E-state index contributed by atoms with van der Waals surface area (Å²) in [4.78, 5) is 26.1. The number of fused-ring (bicyclic) bond motifs is 1. The number of aryl methyl sites for hydroxylation is 1. The summed E-state index contributed by atoms with van der Waals surface area (Å²) in [6, 6.07) is 20.7. The third-order valence-electron chi connectivity index (χ3n) is 5.56. The van der Waals surface area contributed by atoms with Crippen LogP contribution in [0.3, 0.4) is 0 Å². The third-order valence-corrected chi connectivity index (χ3v) is 7.01. The summed E-state index contributed by atoms with van der Waals surface area (Å²) < 4.78 is 7.37. The molecule has 8 heteroatoms. The number of aromatic nitrogens is 1. The second kappa shape index (κ2) is 11.3. The Balaban J connectivity index is 1.39. The van der Waals surface area contributed by atoms with Crippen LogP contribution >= 0.6 is 23.4 Å². The van der Waals surface area contributed by atoms with Crippen molar-refractivity contribution in [1.29, 1.82) is 0 Å². The summed E-state index contributed by atoms with van der Waals surface area (Å²) >= 11 is 7.63. The van der Waals surface area contributed by atoms with E-state index in [1.165, 1.54) is 11.8 Å². The van der Waals surface area contributed by atoms with Crippen molar-refractivity contribution in [2.45, 2.75) is 18.4 Å². The molecule has 0 spiro atoms. The molecule has 4 rings (SSSR count). The van der Waals surface area contributed by atoms with Gasteiger partial charge in [-0.25, -0.2) is 0 Å². The Morgan fingerprint density at radius 2 is 1.83 bits per heavy atom. The number of carbonyl (C=O) groups excluding carboxylic acids is 2. The fraction of sp³-hybridized carbons (Fsp3) is 0.185. The van der Waals surface area contributed by atoms with E-state index >= 15 is 0 Å². The molecule has 180 valence electrons. The monoisotopic (exact) mass is 507 g/mol. The van der Waals surface area contributed by atoms with E-state index in [9.17, 15) is 9.59 Å². The molecule has 0 aliphatic carbocycles. The molecule has 0 aliphatic rings. The molecule has 4 aromatic rings. The molecule has 3 aromatic carbocycles. The lowest BCUT2D eigenvalue weighted by Gasteiger charge is -2.10. The first-order valence-corrected chi connectivity index (χ1v) is 12.5. The van der Waals surface area contributed by atoms with Gasteiger partial charge in [0.25, 0.3) is 5.91 Å². The zero-order valence-electron chi connectivity index (χ0n) is 19.5. The predicted octanol–water partition coefficient (Wildman–Crippen LogP) is 5.77. The molecule has 2 amide bonds. The normalized spacial score (nSPS) is 10.8. The highest BCUT2D eigenvalue weighted by Crippen LogP contribution is 2.30. The van der Waals surface area contributed by atoms with Gasteiger partial charge in [0.15, 0.2) is 0 Å². The molecule has 1 heterocycles. The number of anilines is 1. The van der Waals surface area contributed by atoms with Crippen LogP contribution in [0, 0.1) is 6.92 Å². The van der Waals surface area contributed by atoms with Gasteiger partial charge >= 0.3 is 0 Å². The first kappa shape index (κ1) is 24.7. The molecule has 0 saturated carbocycles. The molecule has 0 bridgehead atoms. The zero-order chi connectivity index (χ0) is 24.8. The van der Waals surface area contributed by atoms with E-state index in [0.717, 1.165) is 21.4 Å². The molecule has 0 atom stereocenters. The van der Waals surface area contributed by atoms with Crippen molar-refractivity contribution in [3.05, 3.63) is 89.1 Å². The number of amides is 2. The van der Waals surface area contributed by atoms with Crippen molar-refractivity contribution in [3.8, 4) is 5.75 Å². The van der Waals surface area contributed by atoms with Crippen molar-refractivity contribution in [2.24, 2.45) is 0 Å². The maximum absolute atomic E-state index is 12.6. The van der Waals surface area contributed by atoms with Gasteiger partial charge in [-0.3, -0.25) is 9.59 Å². The molecular formula is C27H26ClN3O3S. The molecule has 2 N–H and O–H groups in total. The lowest BCUT2D eigenvalue weighted by atomic mass is 10.2. The number of methoxy groups -OCH3 is 1. The van der Waals surface area contributed by atoms with Crippen LogP contribution in [0.15, 0.2) is 77.8 Å². The van der Waals surface area contributed by atoms with Gasteiger partial charge < -0.3 is 19.9 Å². The van der Waals surface area contributed by atoms with Crippen molar-refractivity contribution >= 4 is 51.8 Å². The molecule has 0 saturated heterocycles. The SMILES string of the molecule is COc1ccccc1C(=O)NCCn1cc(SCC(=O)Nc2ccc(C)c(Cl)c2)c2ccccc21. The van der Waals surface area contributed by atoms with Gasteiger partial charge in [0.05, 0.1) is 18.4 Å². The summed E-state index contributed by atoms with van der Waals surface area (Å²) in [5.74, 6) is 0.530. The van der Waals surface area contributed by atoms with Crippen LogP contribution in [0.4, 0.5) is 5.69 Å². The lowest BCUT2D eigenvalue weighted by molar-refractivity contribution is -0.113. The zero-order valence-corrected chi connectivity index (χ0v) is 21.1. The van der Waals surface area contributed by atoms with E-state index in [4.69, 9.17) is 16.3 Å². The Labute approximate surface area is 213 Å². The van der Waals surface area contributed by atoms with E-state index in [-0.39, 0.29) is 17.6 Å². The molecule has 1 aromatic heterocycles. The summed E-state index contributed by atoms with van der Waals surface area (Å²) in [6.07, 6.45) is 2.03. The number of para-hydroxylation sites is 2. The first-order valence-electron chi connectivity index (χ1n) is 11.1. The van der Waals surface area contributed by atoms with Crippen molar-refractivity contribution in [3.63, 3.8) is 0 Å². The van der Waals surface area contributed by atoms with Gasteiger partial charge in [0.1, 0.15) is 5.75 Å². The van der Waals surface area contributed by atoms with Crippen LogP contribution in [-0.2, 0) is 11.3 Å². The average molecular weight is 508 g/mol. The van der Waals surface area contributed by atoms with Gasteiger partial charge in [0.2, 0.25) is 5.91 Å².